The van der Waals surface area contributed by atoms with Gasteiger partial charge >= 0.3 is 0 Å². The molecule has 0 aliphatic heterocycles. The molecule has 1 saturated carbocycles. The van der Waals surface area contributed by atoms with Crippen LogP contribution in [-0.2, 0) is 11.2 Å². The molecule has 0 radical (unpaired) electrons. The van der Waals surface area contributed by atoms with E-state index in [-0.39, 0.29) is 12.2 Å². The highest BCUT2D eigenvalue weighted by Crippen LogP contribution is 2.36. The number of ether oxygens (including phenoxy) is 1. The Morgan fingerprint density at radius 1 is 1.29 bits per heavy atom. The molecule has 94 valence electrons. The second-order valence-corrected chi connectivity index (χ2v) is 4.98. The fourth-order valence-corrected chi connectivity index (χ4v) is 2.41. The van der Waals surface area contributed by atoms with E-state index < -0.39 is 0 Å². The van der Waals surface area contributed by atoms with Gasteiger partial charge in [-0.15, -0.1) is 0 Å². The van der Waals surface area contributed by atoms with Crippen LogP contribution in [0.4, 0.5) is 0 Å². The third kappa shape index (κ3) is 3.83. The van der Waals surface area contributed by atoms with Gasteiger partial charge in [-0.25, -0.2) is 0 Å². The van der Waals surface area contributed by atoms with Crippen molar-refractivity contribution in [3.8, 4) is 0 Å². The van der Waals surface area contributed by atoms with Gasteiger partial charge in [-0.2, -0.15) is 0 Å². The topological polar surface area (TPSA) is 29.5 Å². The first-order valence-corrected chi connectivity index (χ1v) is 6.56. The van der Waals surface area contributed by atoms with Gasteiger partial charge in [0.1, 0.15) is 0 Å². The van der Waals surface area contributed by atoms with Gasteiger partial charge in [-0.3, -0.25) is 0 Å². The summed E-state index contributed by atoms with van der Waals surface area (Å²) in [4.78, 5) is 0. The normalized spacial score (nSPS) is 18.9. The molecule has 0 bridgehead atoms. The molecule has 2 heteroatoms. The maximum Gasteiger partial charge on any atom is 0.0858 e. The lowest BCUT2D eigenvalue weighted by Crippen LogP contribution is -2.30. The maximum absolute atomic E-state index is 10.1. The van der Waals surface area contributed by atoms with Crippen LogP contribution in [0.2, 0.25) is 0 Å². The minimum absolute atomic E-state index is 0.0609. The Hall–Kier alpha value is -0.860. The third-order valence-electron chi connectivity index (χ3n) is 3.55. The maximum atomic E-state index is 10.1. The van der Waals surface area contributed by atoms with E-state index in [9.17, 15) is 5.11 Å². The molecule has 17 heavy (non-hydrogen) atoms. The smallest absolute Gasteiger partial charge is 0.0858 e. The number of aliphatic hydroxyl groups is 1. The monoisotopic (exact) mass is 234 g/mol. The molecular formula is C15H22O2. The molecule has 1 aliphatic rings. The van der Waals surface area contributed by atoms with Crippen molar-refractivity contribution in [3.63, 3.8) is 0 Å². The number of hydrogen-bond acceptors (Lipinski definition) is 2. The fourth-order valence-electron chi connectivity index (χ4n) is 2.41. The van der Waals surface area contributed by atoms with Gasteiger partial charge in [-0.1, -0.05) is 30.3 Å². The number of rotatable bonds is 7. The molecular weight excluding hydrogens is 212 g/mol. The summed E-state index contributed by atoms with van der Waals surface area (Å²) in [6.45, 7) is 0. The number of aliphatic hydroxyl groups excluding tert-OH is 1. The van der Waals surface area contributed by atoms with E-state index in [0.717, 1.165) is 19.3 Å². The molecule has 1 aromatic carbocycles. The fraction of sp³-hybridized carbons (Fsp3) is 0.600. The van der Waals surface area contributed by atoms with Gasteiger partial charge in [-0.05, 0) is 43.6 Å². The van der Waals surface area contributed by atoms with Crippen LogP contribution in [-0.4, -0.2) is 24.4 Å². The number of hydrogen-bond donors (Lipinski definition) is 1. The summed E-state index contributed by atoms with van der Waals surface area (Å²) < 4.78 is 5.39. The molecule has 0 saturated heterocycles. The van der Waals surface area contributed by atoms with E-state index in [2.05, 4.69) is 24.3 Å². The van der Waals surface area contributed by atoms with Crippen LogP contribution in [0.1, 0.15) is 31.2 Å². The van der Waals surface area contributed by atoms with Crippen molar-refractivity contribution in [1.29, 1.82) is 0 Å². The highest BCUT2D eigenvalue weighted by molar-refractivity contribution is 5.14. The predicted octanol–water partition coefficient (Wildman–Crippen LogP) is 2.80. The molecule has 0 heterocycles. The molecule has 1 aliphatic carbocycles. The Morgan fingerprint density at radius 3 is 2.59 bits per heavy atom. The van der Waals surface area contributed by atoms with E-state index in [4.69, 9.17) is 4.74 Å². The van der Waals surface area contributed by atoms with Gasteiger partial charge in [0.15, 0.2) is 0 Å². The molecule has 2 rings (SSSR count). The molecule has 0 aromatic heterocycles. The number of benzene rings is 1. The minimum Gasteiger partial charge on any atom is -0.390 e. The van der Waals surface area contributed by atoms with Gasteiger partial charge in [0.25, 0.3) is 0 Å². The first kappa shape index (κ1) is 12.6. The van der Waals surface area contributed by atoms with Gasteiger partial charge in [0, 0.05) is 7.11 Å². The zero-order chi connectivity index (χ0) is 12.1. The lowest BCUT2D eigenvalue weighted by molar-refractivity contribution is -0.0285. The Balaban J connectivity index is 1.70. The Morgan fingerprint density at radius 2 is 2.00 bits per heavy atom. The van der Waals surface area contributed by atoms with Crippen molar-refractivity contribution in [2.24, 2.45) is 5.92 Å². The van der Waals surface area contributed by atoms with Crippen LogP contribution in [0.3, 0.4) is 0 Å². The van der Waals surface area contributed by atoms with Crippen molar-refractivity contribution in [1.82, 2.24) is 0 Å². The van der Waals surface area contributed by atoms with Crippen molar-refractivity contribution in [2.45, 2.75) is 44.3 Å². The van der Waals surface area contributed by atoms with Crippen molar-refractivity contribution >= 4 is 0 Å². The lowest BCUT2D eigenvalue weighted by Gasteiger charge is -2.21. The summed E-state index contributed by atoms with van der Waals surface area (Å²) in [6, 6.07) is 10.4. The summed E-state index contributed by atoms with van der Waals surface area (Å²) in [5, 5.41) is 10.1. The van der Waals surface area contributed by atoms with E-state index in [1.165, 1.54) is 18.4 Å². The SMILES string of the molecule is COC(C(O)CCCc1ccccc1)C1CC1. The molecule has 2 nitrogen and oxygen atoms in total. The van der Waals surface area contributed by atoms with Crippen LogP contribution in [0, 0.1) is 5.92 Å². The van der Waals surface area contributed by atoms with Crippen LogP contribution < -0.4 is 0 Å². The van der Waals surface area contributed by atoms with Crippen molar-refractivity contribution in [2.75, 3.05) is 7.11 Å². The zero-order valence-corrected chi connectivity index (χ0v) is 10.5. The van der Waals surface area contributed by atoms with E-state index in [1.54, 1.807) is 7.11 Å². The largest absolute Gasteiger partial charge is 0.390 e. The second-order valence-electron chi connectivity index (χ2n) is 4.98. The standard InChI is InChI=1S/C15H22O2/c1-17-15(13-10-11-13)14(16)9-5-8-12-6-3-2-4-7-12/h2-4,6-7,13-16H,5,8-11H2,1H3. The third-order valence-corrected chi connectivity index (χ3v) is 3.55. The van der Waals surface area contributed by atoms with Gasteiger partial charge in [0.05, 0.1) is 12.2 Å². The molecule has 1 fully saturated rings. The van der Waals surface area contributed by atoms with E-state index >= 15 is 0 Å². The molecule has 1 aromatic rings. The Bertz CT molecular complexity index is 319. The van der Waals surface area contributed by atoms with Crippen molar-refractivity contribution in [3.05, 3.63) is 35.9 Å². The van der Waals surface area contributed by atoms with E-state index in [1.807, 2.05) is 6.07 Å². The predicted molar refractivity (Wildman–Crippen MR) is 68.9 cm³/mol. The first-order valence-electron chi connectivity index (χ1n) is 6.56. The molecule has 2 atom stereocenters. The van der Waals surface area contributed by atoms with Crippen LogP contribution in [0.5, 0.6) is 0 Å². The second kappa shape index (κ2) is 6.18. The molecule has 2 unspecified atom stereocenters. The Labute approximate surface area is 104 Å². The number of aryl methyl sites for hydroxylation is 1. The highest BCUT2D eigenvalue weighted by Gasteiger charge is 2.35. The summed E-state index contributed by atoms with van der Waals surface area (Å²) in [5.41, 5.74) is 1.35. The van der Waals surface area contributed by atoms with Gasteiger partial charge in [0.2, 0.25) is 0 Å². The summed E-state index contributed by atoms with van der Waals surface area (Å²) in [7, 11) is 1.71. The summed E-state index contributed by atoms with van der Waals surface area (Å²) in [6.07, 6.45) is 5.10. The van der Waals surface area contributed by atoms with Crippen LogP contribution >= 0.6 is 0 Å². The van der Waals surface area contributed by atoms with Crippen LogP contribution in [0.15, 0.2) is 30.3 Å². The number of methoxy groups -OCH3 is 1. The molecule has 0 spiro atoms. The molecule has 0 amide bonds. The molecule has 1 N–H and O–H groups in total. The highest BCUT2D eigenvalue weighted by atomic mass is 16.5. The van der Waals surface area contributed by atoms with Crippen molar-refractivity contribution < 1.29 is 9.84 Å². The van der Waals surface area contributed by atoms with Gasteiger partial charge < -0.3 is 9.84 Å². The minimum atomic E-state index is -0.295. The zero-order valence-electron chi connectivity index (χ0n) is 10.5. The van der Waals surface area contributed by atoms with Crippen LogP contribution in [0.25, 0.3) is 0 Å². The lowest BCUT2D eigenvalue weighted by atomic mass is 10.0. The quantitative estimate of drug-likeness (QED) is 0.786. The van der Waals surface area contributed by atoms with E-state index in [0.29, 0.717) is 5.92 Å². The summed E-state index contributed by atoms with van der Waals surface area (Å²) >= 11 is 0. The first-order chi connectivity index (χ1) is 8.31. The Kier molecular flexibility index (Phi) is 4.57. The average molecular weight is 234 g/mol. The average Bonchev–Trinajstić information content (AvgIpc) is 3.16. The summed E-state index contributed by atoms with van der Waals surface area (Å²) in [5.74, 6) is 0.603.